The van der Waals surface area contributed by atoms with Gasteiger partial charge >= 0.3 is 29.6 Å². The van der Waals surface area contributed by atoms with E-state index >= 15 is 0 Å². The van der Waals surface area contributed by atoms with Crippen LogP contribution < -0.4 is 34.7 Å². The largest absolute Gasteiger partial charge is 1.00 e. The maximum absolute atomic E-state index is 11.3. The van der Waals surface area contributed by atoms with Crippen LogP contribution in [0.25, 0.3) is 43.8 Å². The number of carbonyl (C=O) groups is 1. The Labute approximate surface area is 209 Å². The van der Waals surface area contributed by atoms with Crippen molar-refractivity contribution in [2.75, 3.05) is 0 Å². The van der Waals surface area contributed by atoms with Crippen LogP contribution in [0.5, 0.6) is 0 Å². The second-order valence-corrected chi connectivity index (χ2v) is 7.74. The first-order valence-corrected chi connectivity index (χ1v) is 10.5. The first kappa shape index (κ1) is 22.3. The van der Waals surface area contributed by atoms with Gasteiger partial charge in [0.05, 0.1) is 0 Å². The summed E-state index contributed by atoms with van der Waals surface area (Å²) in [4.78, 5) is 11.3. The molecule has 0 aliphatic heterocycles. The average molecular weight is 424 g/mol. The van der Waals surface area contributed by atoms with Crippen LogP contribution in [0.2, 0.25) is 0 Å². The van der Waals surface area contributed by atoms with Crippen molar-refractivity contribution in [2.45, 2.75) is 12.8 Å². The van der Waals surface area contributed by atoms with Crippen molar-refractivity contribution in [3.63, 3.8) is 0 Å². The van der Waals surface area contributed by atoms with E-state index in [4.69, 9.17) is 0 Å². The number of aryl methyl sites for hydroxylation is 1. The van der Waals surface area contributed by atoms with Gasteiger partial charge in [-0.05, 0) is 62.2 Å². The monoisotopic (exact) mass is 424 g/mol. The molecule has 0 N–H and O–H groups in total. The topological polar surface area (TPSA) is 40.1 Å². The zero-order chi connectivity index (χ0) is 21.2. The van der Waals surface area contributed by atoms with E-state index in [2.05, 4.69) is 66.7 Å². The molecule has 5 aromatic carbocycles. The molecule has 0 heterocycles. The average Bonchev–Trinajstić information content (AvgIpc) is 2.82. The van der Waals surface area contributed by atoms with Crippen molar-refractivity contribution in [3.8, 4) is 22.3 Å². The zero-order valence-electron chi connectivity index (χ0n) is 18.0. The molecule has 0 aromatic heterocycles. The van der Waals surface area contributed by atoms with E-state index in [0.717, 1.165) is 33.0 Å². The van der Waals surface area contributed by atoms with E-state index in [0.29, 0.717) is 6.42 Å². The quantitative estimate of drug-likeness (QED) is 0.322. The van der Waals surface area contributed by atoms with Gasteiger partial charge in [0.25, 0.3) is 0 Å². The molecule has 0 aliphatic rings. The SMILES string of the molecule is O=C([O-])CCc1cccc2c(-c3ccccc3)c3ccccc3c(-c3ccccc3)c12.[Na+]. The molecule has 0 aliphatic carbocycles. The maximum atomic E-state index is 11.3. The van der Waals surface area contributed by atoms with Crippen LogP contribution in [0.3, 0.4) is 0 Å². The first-order chi connectivity index (χ1) is 15.2. The molecule has 150 valence electrons. The van der Waals surface area contributed by atoms with E-state index in [1.54, 1.807) is 0 Å². The number of carboxylic acids is 1. The summed E-state index contributed by atoms with van der Waals surface area (Å²) in [5, 5.41) is 15.9. The van der Waals surface area contributed by atoms with Gasteiger partial charge < -0.3 is 9.90 Å². The third-order valence-corrected chi connectivity index (χ3v) is 5.86. The van der Waals surface area contributed by atoms with Gasteiger partial charge in [0, 0.05) is 5.97 Å². The number of hydrogen-bond donors (Lipinski definition) is 0. The maximum Gasteiger partial charge on any atom is 1.00 e. The van der Waals surface area contributed by atoms with Gasteiger partial charge in [0.15, 0.2) is 0 Å². The second kappa shape index (κ2) is 9.70. The van der Waals surface area contributed by atoms with Crippen molar-refractivity contribution >= 4 is 27.5 Å². The molecule has 32 heavy (non-hydrogen) atoms. The molecule has 0 bridgehead atoms. The Bertz CT molecular complexity index is 1390. The van der Waals surface area contributed by atoms with E-state index in [1.807, 2.05) is 36.4 Å². The van der Waals surface area contributed by atoms with Crippen LogP contribution >= 0.6 is 0 Å². The number of carboxylic acid groups (broad SMARTS) is 1. The molecular weight excluding hydrogens is 403 g/mol. The van der Waals surface area contributed by atoms with Crippen LogP contribution in [0, 0.1) is 0 Å². The second-order valence-electron chi connectivity index (χ2n) is 7.74. The molecule has 2 nitrogen and oxygen atoms in total. The van der Waals surface area contributed by atoms with Crippen molar-refractivity contribution in [2.24, 2.45) is 0 Å². The number of benzene rings is 5. The summed E-state index contributed by atoms with van der Waals surface area (Å²) in [5.74, 6) is -1.03. The summed E-state index contributed by atoms with van der Waals surface area (Å²) in [5.41, 5.74) is 5.65. The summed E-state index contributed by atoms with van der Waals surface area (Å²) in [7, 11) is 0. The summed E-state index contributed by atoms with van der Waals surface area (Å²) < 4.78 is 0. The molecule has 0 amide bonds. The minimum absolute atomic E-state index is 0. The molecule has 3 heteroatoms. The molecule has 0 spiro atoms. The standard InChI is InChI=1S/C29H22O2.Na/c30-26(31)19-18-22-14-9-17-25-27(20-10-3-1-4-11-20)23-15-7-8-16-24(23)28(29(22)25)21-12-5-2-6-13-21;/h1-17H,18-19H2,(H,30,31);/q;+1/p-1. The van der Waals surface area contributed by atoms with Crippen LogP contribution in [0.4, 0.5) is 0 Å². The molecule has 5 rings (SSSR count). The van der Waals surface area contributed by atoms with Gasteiger partial charge in [-0.25, -0.2) is 0 Å². The van der Waals surface area contributed by atoms with Gasteiger partial charge in [-0.1, -0.05) is 103 Å². The summed E-state index contributed by atoms with van der Waals surface area (Å²) in [6, 6.07) is 35.5. The van der Waals surface area contributed by atoms with Crippen LogP contribution in [-0.4, -0.2) is 5.97 Å². The minimum atomic E-state index is -1.03. The van der Waals surface area contributed by atoms with Crippen LogP contribution in [0.1, 0.15) is 12.0 Å². The van der Waals surface area contributed by atoms with Gasteiger partial charge in [-0.15, -0.1) is 0 Å². The van der Waals surface area contributed by atoms with E-state index in [9.17, 15) is 9.90 Å². The summed E-state index contributed by atoms with van der Waals surface area (Å²) in [6.07, 6.45) is 0.437. The Kier molecular flexibility index (Phi) is 6.76. The van der Waals surface area contributed by atoms with Crippen LogP contribution in [0.15, 0.2) is 103 Å². The summed E-state index contributed by atoms with van der Waals surface area (Å²) in [6.45, 7) is 0. The Hall–Kier alpha value is -2.91. The van der Waals surface area contributed by atoms with Crippen molar-refractivity contribution in [1.29, 1.82) is 0 Å². The molecule has 0 radical (unpaired) electrons. The fraction of sp³-hybridized carbons (Fsp3) is 0.0690. The fourth-order valence-corrected chi connectivity index (χ4v) is 4.57. The Morgan fingerprint density at radius 1 is 0.594 bits per heavy atom. The predicted octanol–water partition coefficient (Wildman–Crippen LogP) is 3.01. The molecule has 0 fully saturated rings. The van der Waals surface area contributed by atoms with Gasteiger partial charge in [0.1, 0.15) is 0 Å². The van der Waals surface area contributed by atoms with Crippen molar-refractivity contribution < 1.29 is 39.5 Å². The number of aliphatic carboxylic acids is 1. The molecule has 0 saturated heterocycles. The van der Waals surface area contributed by atoms with Gasteiger partial charge in [0.2, 0.25) is 0 Å². The summed E-state index contributed by atoms with van der Waals surface area (Å²) >= 11 is 0. The molecule has 0 unspecified atom stereocenters. The zero-order valence-corrected chi connectivity index (χ0v) is 20.0. The van der Waals surface area contributed by atoms with E-state index < -0.39 is 5.97 Å². The fourth-order valence-electron chi connectivity index (χ4n) is 4.57. The number of carbonyl (C=O) groups excluding carboxylic acids is 1. The third kappa shape index (κ3) is 4.10. The molecular formula is C29H21NaO2. The van der Waals surface area contributed by atoms with E-state index in [-0.39, 0.29) is 36.0 Å². The Balaban J connectivity index is 0.00000245. The van der Waals surface area contributed by atoms with Crippen LogP contribution in [-0.2, 0) is 11.2 Å². The Morgan fingerprint density at radius 2 is 1.09 bits per heavy atom. The molecule has 5 aromatic rings. The van der Waals surface area contributed by atoms with Gasteiger partial charge in [-0.2, -0.15) is 0 Å². The normalized spacial score (nSPS) is 10.8. The number of hydrogen-bond acceptors (Lipinski definition) is 2. The molecule has 0 saturated carbocycles. The van der Waals surface area contributed by atoms with Crippen molar-refractivity contribution in [1.82, 2.24) is 0 Å². The molecule has 0 atom stereocenters. The predicted molar refractivity (Wildman–Crippen MR) is 126 cm³/mol. The van der Waals surface area contributed by atoms with E-state index in [1.165, 1.54) is 16.3 Å². The number of rotatable bonds is 5. The smallest absolute Gasteiger partial charge is 0.550 e. The Morgan fingerprint density at radius 3 is 1.69 bits per heavy atom. The minimum Gasteiger partial charge on any atom is -0.550 e. The first-order valence-electron chi connectivity index (χ1n) is 10.5. The van der Waals surface area contributed by atoms with Gasteiger partial charge in [-0.3, -0.25) is 0 Å². The van der Waals surface area contributed by atoms with Crippen molar-refractivity contribution in [3.05, 3.63) is 109 Å². The third-order valence-electron chi connectivity index (χ3n) is 5.86. The number of fused-ring (bicyclic) bond motifs is 2.